The van der Waals surface area contributed by atoms with Crippen LogP contribution in [0.25, 0.3) is 5.78 Å². The lowest BCUT2D eigenvalue weighted by molar-refractivity contribution is 0.0648. The van der Waals surface area contributed by atoms with Crippen LogP contribution in [-0.4, -0.2) is 48.5 Å². The highest BCUT2D eigenvalue weighted by Crippen LogP contribution is 2.37. The van der Waals surface area contributed by atoms with Crippen molar-refractivity contribution in [2.45, 2.75) is 58.8 Å². The van der Waals surface area contributed by atoms with E-state index in [4.69, 9.17) is 0 Å². The van der Waals surface area contributed by atoms with Crippen molar-refractivity contribution in [3.05, 3.63) is 52.9 Å². The third-order valence-electron chi connectivity index (χ3n) is 6.20. The number of amides is 1. The van der Waals surface area contributed by atoms with Gasteiger partial charge in [-0.05, 0) is 50.8 Å². The van der Waals surface area contributed by atoms with Crippen molar-refractivity contribution in [1.29, 1.82) is 0 Å². The molecule has 0 radical (unpaired) electrons. The molecule has 0 N–H and O–H groups in total. The smallest absolute Gasteiger partial charge is 0.280 e. The monoisotopic (exact) mass is 442 g/mol. The molecule has 9 heteroatoms. The fourth-order valence-corrected chi connectivity index (χ4v) is 4.70. The number of unbranched alkanes of at least 4 members (excludes halogenated alkanes) is 1. The number of fused-ring (bicyclic) bond motifs is 1. The highest BCUT2D eigenvalue weighted by atomic mass is 19.3. The summed E-state index contributed by atoms with van der Waals surface area (Å²) >= 11 is 0. The molecule has 2 atom stereocenters. The first-order chi connectivity index (χ1) is 15.4. The number of likely N-dealkylation sites (tertiary alicyclic amines) is 1. The zero-order valence-corrected chi connectivity index (χ0v) is 18.6. The van der Waals surface area contributed by atoms with Crippen LogP contribution in [0.2, 0.25) is 0 Å². The van der Waals surface area contributed by atoms with Crippen LogP contribution < -0.4 is 0 Å². The van der Waals surface area contributed by atoms with Crippen LogP contribution in [0, 0.1) is 19.8 Å². The number of aryl methyl sites for hydroxylation is 2. The second kappa shape index (κ2) is 9.26. The molecule has 170 valence electrons. The number of hydrogen-bond acceptors (Lipinski definition) is 5. The first kappa shape index (κ1) is 22.2. The fourth-order valence-electron chi connectivity index (χ4n) is 4.70. The summed E-state index contributed by atoms with van der Waals surface area (Å²) in [6.07, 6.45) is 2.51. The van der Waals surface area contributed by atoms with E-state index in [9.17, 15) is 13.6 Å². The Morgan fingerprint density at radius 2 is 1.94 bits per heavy atom. The van der Waals surface area contributed by atoms with Gasteiger partial charge < -0.3 is 4.90 Å². The van der Waals surface area contributed by atoms with Crippen LogP contribution in [0.4, 0.5) is 8.78 Å². The number of aromatic nitrogens is 5. The Labute approximate surface area is 185 Å². The van der Waals surface area contributed by atoms with Gasteiger partial charge >= 0.3 is 0 Å². The number of carbonyl (C=O) groups is 1. The van der Waals surface area contributed by atoms with Crippen molar-refractivity contribution in [2.75, 3.05) is 13.1 Å². The molecule has 3 aromatic rings. The summed E-state index contributed by atoms with van der Waals surface area (Å²) in [6.45, 7) is 6.95. The minimum atomic E-state index is -2.70. The lowest BCUT2D eigenvalue weighted by Crippen LogP contribution is -2.43. The van der Waals surface area contributed by atoms with E-state index < -0.39 is 6.43 Å². The van der Waals surface area contributed by atoms with E-state index in [-0.39, 0.29) is 29.2 Å². The first-order valence-electron chi connectivity index (χ1n) is 11.1. The number of halogens is 2. The van der Waals surface area contributed by atoms with Crippen LogP contribution in [0.15, 0.2) is 24.5 Å². The third kappa shape index (κ3) is 4.47. The summed E-state index contributed by atoms with van der Waals surface area (Å²) in [4.78, 5) is 27.5. The van der Waals surface area contributed by atoms with E-state index in [0.29, 0.717) is 24.3 Å². The van der Waals surface area contributed by atoms with E-state index in [1.165, 1.54) is 12.4 Å². The maximum atomic E-state index is 13.6. The topological polar surface area (TPSA) is 76.3 Å². The van der Waals surface area contributed by atoms with E-state index in [0.717, 1.165) is 37.1 Å². The van der Waals surface area contributed by atoms with Crippen LogP contribution in [0.3, 0.4) is 0 Å². The predicted molar refractivity (Wildman–Crippen MR) is 116 cm³/mol. The number of piperidine rings is 1. The predicted octanol–water partition coefficient (Wildman–Crippen LogP) is 4.51. The van der Waals surface area contributed by atoms with Crippen LogP contribution in [0.5, 0.6) is 0 Å². The van der Waals surface area contributed by atoms with Gasteiger partial charge in [0.2, 0.25) is 0 Å². The zero-order valence-electron chi connectivity index (χ0n) is 18.6. The largest absolute Gasteiger partial charge is 0.338 e. The second-order valence-electron chi connectivity index (χ2n) is 8.57. The first-order valence-corrected chi connectivity index (χ1v) is 11.1. The number of hydrogen-bond donors (Lipinski definition) is 0. The lowest BCUT2D eigenvalue weighted by atomic mass is 9.79. The highest BCUT2D eigenvalue weighted by Gasteiger charge is 2.35. The van der Waals surface area contributed by atoms with E-state index >= 15 is 0 Å². The molecule has 3 aromatic heterocycles. The van der Waals surface area contributed by atoms with Crippen molar-refractivity contribution in [1.82, 2.24) is 29.5 Å². The molecule has 1 saturated heterocycles. The molecule has 0 spiro atoms. The summed E-state index contributed by atoms with van der Waals surface area (Å²) < 4.78 is 28.7. The molecule has 0 aromatic carbocycles. The van der Waals surface area contributed by atoms with Crippen molar-refractivity contribution in [2.24, 2.45) is 5.92 Å². The number of nitrogens with zero attached hydrogens (tertiary/aromatic N) is 6. The van der Waals surface area contributed by atoms with Gasteiger partial charge in [0, 0.05) is 36.0 Å². The summed E-state index contributed by atoms with van der Waals surface area (Å²) in [7, 11) is 0. The molecule has 1 aliphatic heterocycles. The Balaban J connectivity index is 1.71. The normalized spacial score (nSPS) is 19.1. The standard InChI is InChI=1S/C23H28F2N6O/c1-4-5-6-16-7-8-30(22(32)17-9-14(2)28-15(3)10-17)12-18(16)20-11-19(21(24)25)29-23-26-13-27-31(20)23/h9-11,13,16,18,21H,4-8,12H2,1-3H3/t16?,18-/m1/s1. The number of alkyl halides is 2. The Bertz CT molecular complexity index is 1090. The maximum absolute atomic E-state index is 13.6. The van der Waals surface area contributed by atoms with Gasteiger partial charge in [-0.2, -0.15) is 10.1 Å². The average Bonchev–Trinajstić information content (AvgIpc) is 3.24. The van der Waals surface area contributed by atoms with Gasteiger partial charge in [0.25, 0.3) is 18.1 Å². The highest BCUT2D eigenvalue weighted by molar-refractivity contribution is 5.94. The second-order valence-corrected chi connectivity index (χ2v) is 8.57. The molecule has 1 unspecified atom stereocenters. The van der Waals surface area contributed by atoms with E-state index in [1.54, 1.807) is 16.6 Å². The van der Waals surface area contributed by atoms with Crippen LogP contribution in [-0.2, 0) is 0 Å². The van der Waals surface area contributed by atoms with Gasteiger partial charge in [0.15, 0.2) is 0 Å². The van der Waals surface area contributed by atoms with Gasteiger partial charge in [-0.1, -0.05) is 19.8 Å². The van der Waals surface area contributed by atoms with Gasteiger partial charge in [-0.15, -0.1) is 0 Å². The lowest BCUT2D eigenvalue weighted by Gasteiger charge is -2.39. The van der Waals surface area contributed by atoms with Gasteiger partial charge in [-0.25, -0.2) is 18.3 Å². The summed E-state index contributed by atoms with van der Waals surface area (Å²) in [6, 6.07) is 5.03. The van der Waals surface area contributed by atoms with Crippen molar-refractivity contribution < 1.29 is 13.6 Å². The third-order valence-corrected chi connectivity index (χ3v) is 6.20. The Hall–Kier alpha value is -2.97. The van der Waals surface area contributed by atoms with Gasteiger partial charge in [-0.3, -0.25) is 9.78 Å². The molecule has 1 amide bonds. The summed E-state index contributed by atoms with van der Waals surface area (Å²) in [5, 5.41) is 4.25. The summed E-state index contributed by atoms with van der Waals surface area (Å²) in [5.41, 5.74) is 2.53. The van der Waals surface area contributed by atoms with Gasteiger partial charge in [0.1, 0.15) is 12.0 Å². The Morgan fingerprint density at radius 1 is 1.19 bits per heavy atom. The Kier molecular flexibility index (Phi) is 6.43. The number of pyridine rings is 1. The number of rotatable bonds is 6. The minimum Gasteiger partial charge on any atom is -0.338 e. The molecule has 0 bridgehead atoms. The number of carbonyl (C=O) groups excluding carboxylic acids is 1. The van der Waals surface area contributed by atoms with Crippen molar-refractivity contribution >= 4 is 11.7 Å². The molecule has 4 heterocycles. The average molecular weight is 443 g/mol. The molecule has 1 aliphatic rings. The van der Waals surface area contributed by atoms with E-state index in [2.05, 4.69) is 27.0 Å². The molecule has 32 heavy (non-hydrogen) atoms. The quantitative estimate of drug-likeness (QED) is 0.561. The van der Waals surface area contributed by atoms with Crippen LogP contribution >= 0.6 is 0 Å². The molecule has 0 aliphatic carbocycles. The van der Waals surface area contributed by atoms with Crippen molar-refractivity contribution in [3.8, 4) is 0 Å². The molecular formula is C23H28F2N6O. The van der Waals surface area contributed by atoms with Crippen molar-refractivity contribution in [3.63, 3.8) is 0 Å². The summed E-state index contributed by atoms with van der Waals surface area (Å²) in [5.74, 6) is 0.236. The molecular weight excluding hydrogens is 414 g/mol. The minimum absolute atomic E-state index is 0.0597. The molecule has 7 nitrogen and oxygen atoms in total. The SMILES string of the molecule is CCCCC1CCN(C(=O)c2cc(C)nc(C)c2)C[C@H]1c1cc(C(F)F)nc2ncnn12. The van der Waals surface area contributed by atoms with Crippen LogP contribution in [0.1, 0.15) is 78.1 Å². The molecule has 1 fully saturated rings. The maximum Gasteiger partial charge on any atom is 0.280 e. The Morgan fingerprint density at radius 3 is 2.62 bits per heavy atom. The molecule has 4 rings (SSSR count). The molecule has 0 saturated carbocycles. The zero-order chi connectivity index (χ0) is 22.8. The van der Waals surface area contributed by atoms with E-state index in [1.807, 2.05) is 18.7 Å². The fraction of sp³-hybridized carbons (Fsp3) is 0.522. The van der Waals surface area contributed by atoms with Gasteiger partial charge in [0.05, 0.1) is 5.69 Å².